The van der Waals surface area contributed by atoms with Crippen LogP contribution in [0.3, 0.4) is 0 Å². The Morgan fingerprint density at radius 1 is 1.38 bits per heavy atom. The zero-order valence-corrected chi connectivity index (χ0v) is 14.4. The van der Waals surface area contributed by atoms with E-state index in [9.17, 15) is 19.8 Å². The molecule has 0 aliphatic heterocycles. The lowest BCUT2D eigenvalue weighted by Crippen LogP contribution is -2.49. The van der Waals surface area contributed by atoms with Crippen LogP contribution in [0.4, 0.5) is 0 Å². The molecule has 1 aromatic rings. The molecule has 2 unspecified atom stereocenters. The highest BCUT2D eigenvalue weighted by Crippen LogP contribution is 2.39. The van der Waals surface area contributed by atoms with E-state index in [1.807, 2.05) is 17.5 Å². The number of carbonyl (C=O) groups excluding carboxylic acids is 2. The van der Waals surface area contributed by atoms with E-state index in [1.165, 1.54) is 0 Å². The number of aliphatic hydroxyl groups is 2. The van der Waals surface area contributed by atoms with Gasteiger partial charge in [0.1, 0.15) is 0 Å². The molecule has 1 fully saturated rings. The highest BCUT2D eigenvalue weighted by Gasteiger charge is 2.44. The number of thiophene rings is 1. The molecule has 2 amide bonds. The SMILES string of the molecule is NC(=O)C1CCC(O)(C(CC(O)[CH]Cc2cccs2)C(N)=O)CC1. The van der Waals surface area contributed by atoms with Gasteiger partial charge in [-0.25, -0.2) is 0 Å². The monoisotopic (exact) mass is 353 g/mol. The fraction of sp³-hybridized carbons (Fsp3) is 0.588. The fourth-order valence-electron chi connectivity index (χ4n) is 3.37. The van der Waals surface area contributed by atoms with Crippen molar-refractivity contribution < 1.29 is 19.8 Å². The highest BCUT2D eigenvalue weighted by atomic mass is 32.1. The summed E-state index contributed by atoms with van der Waals surface area (Å²) in [6, 6.07) is 3.91. The molecule has 7 heteroatoms. The van der Waals surface area contributed by atoms with Crippen LogP contribution in [0.25, 0.3) is 0 Å². The smallest absolute Gasteiger partial charge is 0.223 e. The van der Waals surface area contributed by atoms with Crippen molar-refractivity contribution in [1.29, 1.82) is 0 Å². The number of aliphatic hydroxyl groups excluding tert-OH is 1. The lowest BCUT2D eigenvalue weighted by molar-refractivity contribution is -0.139. The summed E-state index contributed by atoms with van der Waals surface area (Å²) >= 11 is 1.59. The van der Waals surface area contributed by atoms with Crippen LogP contribution in [0.2, 0.25) is 0 Å². The minimum Gasteiger partial charge on any atom is -0.393 e. The summed E-state index contributed by atoms with van der Waals surface area (Å²) in [7, 11) is 0. The number of amides is 2. The van der Waals surface area contributed by atoms with E-state index >= 15 is 0 Å². The number of primary amides is 2. The van der Waals surface area contributed by atoms with E-state index in [1.54, 1.807) is 17.8 Å². The highest BCUT2D eigenvalue weighted by molar-refractivity contribution is 7.09. The van der Waals surface area contributed by atoms with Crippen LogP contribution in [0.15, 0.2) is 17.5 Å². The molecule has 133 valence electrons. The maximum atomic E-state index is 11.8. The Balaban J connectivity index is 1.93. The van der Waals surface area contributed by atoms with Gasteiger partial charge in [-0.05, 0) is 56.4 Å². The zero-order chi connectivity index (χ0) is 17.7. The van der Waals surface area contributed by atoms with Crippen LogP contribution in [0, 0.1) is 18.3 Å². The third kappa shape index (κ3) is 4.78. The molecule has 1 aliphatic carbocycles. The average molecular weight is 353 g/mol. The van der Waals surface area contributed by atoms with Crippen LogP contribution in [0.1, 0.15) is 37.0 Å². The number of carbonyl (C=O) groups is 2. The van der Waals surface area contributed by atoms with E-state index in [4.69, 9.17) is 11.5 Å². The third-order valence-corrected chi connectivity index (χ3v) is 5.79. The van der Waals surface area contributed by atoms with Gasteiger partial charge in [-0.15, -0.1) is 11.3 Å². The lowest BCUT2D eigenvalue weighted by Gasteiger charge is -2.40. The molecule has 1 heterocycles. The maximum Gasteiger partial charge on any atom is 0.223 e. The van der Waals surface area contributed by atoms with Crippen molar-refractivity contribution >= 4 is 23.2 Å². The molecule has 6 nitrogen and oxygen atoms in total. The van der Waals surface area contributed by atoms with Gasteiger partial charge in [0.15, 0.2) is 0 Å². The molecule has 24 heavy (non-hydrogen) atoms. The number of rotatable bonds is 8. The van der Waals surface area contributed by atoms with Crippen LogP contribution in [-0.4, -0.2) is 33.7 Å². The first-order valence-corrected chi connectivity index (χ1v) is 9.04. The van der Waals surface area contributed by atoms with Crippen molar-refractivity contribution in [3.05, 3.63) is 28.8 Å². The molecule has 0 aromatic carbocycles. The van der Waals surface area contributed by atoms with Gasteiger partial charge in [0, 0.05) is 10.8 Å². The maximum absolute atomic E-state index is 11.8. The molecule has 1 saturated carbocycles. The second kappa shape index (κ2) is 8.09. The normalized spacial score (nSPS) is 26.7. The van der Waals surface area contributed by atoms with Gasteiger partial charge in [0.05, 0.1) is 17.6 Å². The first kappa shape index (κ1) is 18.9. The standard InChI is InChI=1S/C17H25N2O4S/c18-15(21)11-5-7-17(23,8-6-11)14(16(19)22)10-12(20)3-4-13-2-1-9-24-13/h1-3,9,11-12,14,20,23H,4-8,10H2,(H2,18,21)(H2,19,22). The fourth-order valence-corrected chi connectivity index (χ4v) is 4.05. The molecule has 0 spiro atoms. The lowest BCUT2D eigenvalue weighted by atomic mass is 9.70. The topological polar surface area (TPSA) is 127 Å². The molecule has 6 N–H and O–H groups in total. The molecule has 1 radical (unpaired) electrons. The van der Waals surface area contributed by atoms with Crippen LogP contribution < -0.4 is 11.5 Å². The Labute approximate surface area is 145 Å². The number of hydrogen-bond acceptors (Lipinski definition) is 5. The van der Waals surface area contributed by atoms with E-state index in [0.29, 0.717) is 19.3 Å². The molecule has 1 aliphatic rings. The van der Waals surface area contributed by atoms with Crippen LogP contribution >= 0.6 is 11.3 Å². The second-order valence-corrected chi connectivity index (χ2v) is 7.59. The van der Waals surface area contributed by atoms with Gasteiger partial charge in [0.2, 0.25) is 11.8 Å². The first-order chi connectivity index (χ1) is 11.3. The molecule has 0 saturated heterocycles. The summed E-state index contributed by atoms with van der Waals surface area (Å²) in [5.41, 5.74) is 9.49. The van der Waals surface area contributed by atoms with Crippen molar-refractivity contribution in [2.24, 2.45) is 23.3 Å². The third-order valence-electron chi connectivity index (χ3n) is 4.89. The summed E-state index contributed by atoms with van der Waals surface area (Å²) < 4.78 is 0. The largest absolute Gasteiger partial charge is 0.393 e. The summed E-state index contributed by atoms with van der Waals surface area (Å²) in [6.45, 7) is 0. The van der Waals surface area contributed by atoms with Crippen LogP contribution in [0.5, 0.6) is 0 Å². The molecule has 0 bridgehead atoms. The summed E-state index contributed by atoms with van der Waals surface area (Å²) in [5.74, 6) is -2.12. The van der Waals surface area contributed by atoms with Crippen molar-refractivity contribution in [3.63, 3.8) is 0 Å². The molecule has 2 atom stereocenters. The van der Waals surface area contributed by atoms with Crippen LogP contribution in [-0.2, 0) is 16.0 Å². The Morgan fingerprint density at radius 3 is 2.54 bits per heavy atom. The van der Waals surface area contributed by atoms with E-state index in [0.717, 1.165) is 4.88 Å². The van der Waals surface area contributed by atoms with Gasteiger partial charge in [-0.2, -0.15) is 0 Å². The molecule has 1 aromatic heterocycles. The minimum absolute atomic E-state index is 0.0818. The predicted octanol–water partition coefficient (Wildman–Crippen LogP) is 0.754. The Hall–Kier alpha value is -1.44. The van der Waals surface area contributed by atoms with E-state index in [2.05, 4.69) is 0 Å². The van der Waals surface area contributed by atoms with Gasteiger partial charge >= 0.3 is 0 Å². The van der Waals surface area contributed by atoms with Crippen molar-refractivity contribution in [2.75, 3.05) is 0 Å². The second-order valence-electron chi connectivity index (χ2n) is 6.56. The average Bonchev–Trinajstić information content (AvgIpc) is 3.04. The quantitative estimate of drug-likeness (QED) is 0.550. The Morgan fingerprint density at radius 2 is 2.04 bits per heavy atom. The number of nitrogens with two attached hydrogens (primary N) is 2. The molecular formula is C17H25N2O4S. The van der Waals surface area contributed by atoms with Gasteiger partial charge in [0.25, 0.3) is 0 Å². The van der Waals surface area contributed by atoms with Crippen molar-refractivity contribution in [1.82, 2.24) is 0 Å². The van der Waals surface area contributed by atoms with Crippen molar-refractivity contribution in [2.45, 2.75) is 50.2 Å². The molecule has 2 rings (SSSR count). The van der Waals surface area contributed by atoms with E-state index < -0.39 is 23.5 Å². The Bertz CT molecular complexity index is 553. The minimum atomic E-state index is -1.28. The van der Waals surface area contributed by atoms with Crippen molar-refractivity contribution in [3.8, 4) is 0 Å². The predicted molar refractivity (Wildman–Crippen MR) is 91.7 cm³/mol. The van der Waals surface area contributed by atoms with E-state index in [-0.39, 0.29) is 31.1 Å². The summed E-state index contributed by atoms with van der Waals surface area (Å²) in [4.78, 5) is 24.2. The molecular weight excluding hydrogens is 328 g/mol. The van der Waals surface area contributed by atoms with Gasteiger partial charge in [-0.3, -0.25) is 9.59 Å². The first-order valence-electron chi connectivity index (χ1n) is 8.16. The zero-order valence-electron chi connectivity index (χ0n) is 13.6. The van der Waals surface area contributed by atoms with Gasteiger partial charge < -0.3 is 21.7 Å². The van der Waals surface area contributed by atoms with Gasteiger partial charge in [-0.1, -0.05) is 6.07 Å². The summed E-state index contributed by atoms with van der Waals surface area (Å²) in [6.07, 6.45) is 3.01. The Kier molecular flexibility index (Phi) is 6.37. The number of hydrogen-bond donors (Lipinski definition) is 4. The summed E-state index contributed by atoms with van der Waals surface area (Å²) in [5, 5.41) is 23.0.